The normalized spacial score (nSPS) is 21.6. The highest BCUT2D eigenvalue weighted by atomic mass is 16.7. The van der Waals surface area contributed by atoms with Gasteiger partial charge in [-0.3, -0.25) is 4.79 Å². The van der Waals surface area contributed by atoms with Crippen molar-refractivity contribution in [3.05, 3.63) is 71.8 Å². The van der Waals surface area contributed by atoms with E-state index in [1.54, 1.807) is 27.7 Å². The molecule has 0 spiro atoms. The Kier molecular flexibility index (Phi) is 12.3. The van der Waals surface area contributed by atoms with Crippen LogP contribution in [0.25, 0.3) is 0 Å². The summed E-state index contributed by atoms with van der Waals surface area (Å²) in [5, 5.41) is 5.44. The van der Waals surface area contributed by atoms with Crippen molar-refractivity contribution in [2.45, 2.75) is 116 Å². The van der Waals surface area contributed by atoms with E-state index in [-0.39, 0.29) is 26.3 Å². The minimum Gasteiger partial charge on any atom is -0.459 e. The average Bonchev–Trinajstić information content (AvgIpc) is 3.50. The van der Waals surface area contributed by atoms with Gasteiger partial charge in [0.2, 0.25) is 5.91 Å². The zero-order chi connectivity index (χ0) is 36.7. The highest BCUT2D eigenvalue weighted by Gasteiger charge is 2.56. The summed E-state index contributed by atoms with van der Waals surface area (Å²) in [7, 11) is -0.458. The molecule has 0 saturated carbocycles. The van der Waals surface area contributed by atoms with E-state index >= 15 is 0 Å². The fourth-order valence-corrected chi connectivity index (χ4v) is 6.07. The number of hydrogen-bond donors (Lipinski definition) is 2. The Morgan fingerprint density at radius 2 is 1.42 bits per heavy atom. The van der Waals surface area contributed by atoms with Crippen LogP contribution in [0, 0.1) is 5.92 Å². The van der Waals surface area contributed by atoms with Gasteiger partial charge in [-0.2, -0.15) is 0 Å². The lowest BCUT2D eigenvalue weighted by atomic mass is 9.77. The lowest BCUT2D eigenvalue weighted by molar-refractivity contribution is -0.154. The summed E-state index contributed by atoms with van der Waals surface area (Å²) in [5.41, 5.74) is -1.88. The Labute approximate surface area is 296 Å². The molecule has 12 nitrogen and oxygen atoms in total. The molecular weight excluding hydrogens is 641 g/mol. The van der Waals surface area contributed by atoms with Crippen molar-refractivity contribution >= 4 is 31.2 Å². The van der Waals surface area contributed by atoms with Gasteiger partial charge in [0.15, 0.2) is 5.54 Å². The van der Waals surface area contributed by atoms with Gasteiger partial charge in [-0.25, -0.2) is 14.4 Å². The number of nitrogens with one attached hydrogen (secondary N) is 2. The lowest BCUT2D eigenvalue weighted by Gasteiger charge is -2.33. The molecule has 2 aromatic carbocycles. The third kappa shape index (κ3) is 10.00. The van der Waals surface area contributed by atoms with Gasteiger partial charge in [-0.15, -0.1) is 0 Å². The molecule has 2 saturated heterocycles. The Hall–Kier alpha value is -4.10. The van der Waals surface area contributed by atoms with Gasteiger partial charge in [-0.1, -0.05) is 67.1 Å². The van der Waals surface area contributed by atoms with Crippen LogP contribution in [0.5, 0.6) is 0 Å². The SMILES string of the molecule is C[C@H](NC(=O)OC(C)(C)C)C(=O)N1C[C@H](CCCB2OC(C)(C)C(C)(C)O2)[C@](NC(=O)OCc2ccccc2)(C(=O)OCc2ccccc2)C1. The summed E-state index contributed by atoms with van der Waals surface area (Å²) >= 11 is 0. The van der Waals surface area contributed by atoms with Crippen molar-refractivity contribution in [1.29, 1.82) is 0 Å². The molecule has 0 bridgehead atoms. The Morgan fingerprint density at radius 3 is 1.96 bits per heavy atom. The number of benzene rings is 2. The zero-order valence-electron chi connectivity index (χ0n) is 30.6. The van der Waals surface area contributed by atoms with E-state index in [0.29, 0.717) is 19.2 Å². The van der Waals surface area contributed by atoms with Crippen LogP contribution in [0.1, 0.15) is 79.4 Å². The maximum Gasteiger partial charge on any atom is 0.457 e. The van der Waals surface area contributed by atoms with E-state index in [0.717, 1.165) is 11.1 Å². The van der Waals surface area contributed by atoms with Gasteiger partial charge in [0.05, 0.1) is 17.7 Å². The molecule has 2 heterocycles. The average molecular weight is 694 g/mol. The Morgan fingerprint density at radius 1 is 0.880 bits per heavy atom. The first kappa shape index (κ1) is 38.7. The van der Waals surface area contributed by atoms with Crippen molar-refractivity contribution in [3.63, 3.8) is 0 Å². The standard InChI is InChI=1S/C37H52BN3O9/c1-26(39-32(44)48-34(2,3)4)30(42)41-22-29(20-15-21-38-49-35(5,6)36(7,8)50-38)37(25-41,31(43)46-23-27-16-11-9-12-17-27)40-33(45)47-24-28-18-13-10-14-19-28/h9-14,16-19,26,29H,15,20-25H2,1-8H3,(H,39,44)(H,40,45)/t26-,29-,37-/m0/s1. The first-order valence-corrected chi connectivity index (χ1v) is 17.2. The molecule has 13 heteroatoms. The van der Waals surface area contributed by atoms with Crippen molar-refractivity contribution in [3.8, 4) is 0 Å². The molecule has 3 amide bonds. The molecule has 2 N–H and O–H groups in total. The third-order valence-corrected chi connectivity index (χ3v) is 9.40. The van der Waals surface area contributed by atoms with Gasteiger partial charge in [0.25, 0.3) is 0 Å². The molecule has 0 unspecified atom stereocenters. The monoisotopic (exact) mass is 693 g/mol. The first-order chi connectivity index (χ1) is 23.4. The lowest BCUT2D eigenvalue weighted by Crippen LogP contribution is -2.61. The zero-order valence-corrected chi connectivity index (χ0v) is 30.6. The molecule has 0 aromatic heterocycles. The molecule has 50 heavy (non-hydrogen) atoms. The Balaban J connectivity index is 1.58. The second-order valence-corrected chi connectivity index (χ2v) is 15.1. The number of carbonyl (C=O) groups excluding carboxylic acids is 4. The molecule has 2 aliphatic heterocycles. The van der Waals surface area contributed by atoms with Crippen LogP contribution in [0.2, 0.25) is 6.32 Å². The molecule has 2 aromatic rings. The van der Waals surface area contributed by atoms with Gasteiger partial charge < -0.3 is 39.1 Å². The third-order valence-electron chi connectivity index (χ3n) is 9.40. The number of rotatable bonds is 12. The number of nitrogens with zero attached hydrogens (tertiary/aromatic N) is 1. The van der Waals surface area contributed by atoms with E-state index in [2.05, 4.69) is 10.6 Å². The summed E-state index contributed by atoms with van der Waals surface area (Å²) < 4.78 is 29.2. The number of carbonyl (C=O) groups is 4. The van der Waals surface area contributed by atoms with Gasteiger partial charge in [-0.05, 0) is 79.3 Å². The van der Waals surface area contributed by atoms with Crippen molar-refractivity contribution in [1.82, 2.24) is 15.5 Å². The fourth-order valence-electron chi connectivity index (χ4n) is 6.07. The van der Waals surface area contributed by atoms with Crippen LogP contribution in [-0.2, 0) is 46.3 Å². The number of esters is 1. The van der Waals surface area contributed by atoms with E-state index in [9.17, 15) is 19.2 Å². The number of likely N-dealkylation sites (tertiary alicyclic amines) is 1. The van der Waals surface area contributed by atoms with Crippen molar-refractivity contribution in [2.75, 3.05) is 13.1 Å². The summed E-state index contributed by atoms with van der Waals surface area (Å²) in [6, 6.07) is 17.4. The van der Waals surface area contributed by atoms with Gasteiger partial charge in [0.1, 0.15) is 24.9 Å². The maximum atomic E-state index is 14.3. The predicted octanol–water partition coefficient (Wildman–Crippen LogP) is 5.64. The van der Waals surface area contributed by atoms with Crippen LogP contribution >= 0.6 is 0 Å². The van der Waals surface area contributed by atoms with Crippen molar-refractivity contribution < 1.29 is 42.7 Å². The van der Waals surface area contributed by atoms with E-state index in [4.69, 9.17) is 23.5 Å². The van der Waals surface area contributed by atoms with E-state index in [1.165, 1.54) is 4.90 Å². The molecule has 3 atom stereocenters. The van der Waals surface area contributed by atoms with E-state index in [1.807, 2.05) is 88.4 Å². The van der Waals surface area contributed by atoms with Crippen LogP contribution in [0.15, 0.2) is 60.7 Å². The quantitative estimate of drug-likeness (QED) is 0.164. The molecule has 0 aliphatic carbocycles. The van der Waals surface area contributed by atoms with E-state index < -0.39 is 65.5 Å². The van der Waals surface area contributed by atoms with Crippen LogP contribution in [0.3, 0.4) is 0 Å². The molecule has 2 aliphatic rings. The fraction of sp³-hybridized carbons (Fsp3) is 0.568. The number of ether oxygens (including phenoxy) is 3. The maximum absolute atomic E-state index is 14.3. The highest BCUT2D eigenvalue weighted by Crippen LogP contribution is 2.39. The molecular formula is C37H52BN3O9. The Bertz CT molecular complexity index is 1470. The topological polar surface area (TPSA) is 142 Å². The minimum absolute atomic E-state index is 0.0199. The van der Waals surface area contributed by atoms with Crippen LogP contribution < -0.4 is 10.6 Å². The second-order valence-electron chi connectivity index (χ2n) is 15.1. The number of alkyl carbamates (subject to hydrolysis) is 2. The molecule has 2 fully saturated rings. The molecule has 4 rings (SSSR count). The highest BCUT2D eigenvalue weighted by molar-refractivity contribution is 6.45. The smallest absolute Gasteiger partial charge is 0.457 e. The van der Waals surface area contributed by atoms with Crippen molar-refractivity contribution in [2.24, 2.45) is 5.92 Å². The largest absolute Gasteiger partial charge is 0.459 e. The summed E-state index contributed by atoms with van der Waals surface area (Å²) in [4.78, 5) is 55.5. The number of amides is 3. The van der Waals surface area contributed by atoms with Gasteiger partial charge in [0, 0.05) is 12.5 Å². The summed E-state index contributed by atoms with van der Waals surface area (Å²) in [6.07, 6.45) is -0.0601. The number of hydrogen-bond acceptors (Lipinski definition) is 9. The van der Waals surface area contributed by atoms with Gasteiger partial charge >= 0.3 is 25.3 Å². The summed E-state index contributed by atoms with van der Waals surface area (Å²) in [5.74, 6) is -1.71. The predicted molar refractivity (Wildman–Crippen MR) is 188 cm³/mol. The first-order valence-electron chi connectivity index (χ1n) is 17.2. The second kappa shape index (κ2) is 15.8. The molecule has 0 radical (unpaired) electrons. The minimum atomic E-state index is -1.65. The molecule has 272 valence electrons. The summed E-state index contributed by atoms with van der Waals surface area (Å²) in [6.45, 7) is 14.5. The van der Waals surface area contributed by atoms with Crippen LogP contribution in [-0.4, -0.2) is 77.6 Å². The van der Waals surface area contributed by atoms with Crippen LogP contribution in [0.4, 0.5) is 9.59 Å².